The highest BCUT2D eigenvalue weighted by molar-refractivity contribution is 7.14. The summed E-state index contributed by atoms with van der Waals surface area (Å²) in [6.07, 6.45) is 0.832. The Morgan fingerprint density at radius 2 is 2.00 bits per heavy atom. The van der Waals surface area contributed by atoms with Crippen LogP contribution >= 0.6 is 45.9 Å². The third-order valence-corrected chi connectivity index (χ3v) is 5.76. The summed E-state index contributed by atoms with van der Waals surface area (Å²) < 4.78 is 0. The van der Waals surface area contributed by atoms with Crippen molar-refractivity contribution in [2.24, 2.45) is 0 Å². The molecule has 27 heavy (non-hydrogen) atoms. The molecule has 2 aromatic heterocycles. The van der Waals surface area contributed by atoms with Crippen LogP contribution in [0.3, 0.4) is 0 Å². The highest BCUT2D eigenvalue weighted by atomic mass is 35.5. The molecule has 0 bridgehead atoms. The van der Waals surface area contributed by atoms with Crippen LogP contribution in [0.1, 0.15) is 22.5 Å². The van der Waals surface area contributed by atoms with Crippen LogP contribution < -0.4 is 10.6 Å². The van der Waals surface area contributed by atoms with E-state index in [-0.39, 0.29) is 18.2 Å². The summed E-state index contributed by atoms with van der Waals surface area (Å²) >= 11 is 14.9. The van der Waals surface area contributed by atoms with E-state index in [4.69, 9.17) is 23.2 Å². The fraction of sp³-hybridized carbons (Fsp3) is 0.167. The second-order valence-electron chi connectivity index (χ2n) is 5.55. The number of amides is 2. The predicted octanol–water partition coefficient (Wildman–Crippen LogP) is 5.33. The van der Waals surface area contributed by atoms with Gasteiger partial charge in [-0.1, -0.05) is 29.3 Å². The Morgan fingerprint density at radius 1 is 1.15 bits per heavy atom. The maximum Gasteiger partial charge on any atom is 0.261 e. The smallest absolute Gasteiger partial charge is 0.261 e. The lowest BCUT2D eigenvalue weighted by Crippen LogP contribution is -2.24. The van der Waals surface area contributed by atoms with Crippen LogP contribution in [0.15, 0.2) is 41.1 Å². The van der Waals surface area contributed by atoms with E-state index >= 15 is 0 Å². The lowest BCUT2D eigenvalue weighted by molar-refractivity contribution is -0.116. The minimum absolute atomic E-state index is 0.117. The maximum atomic E-state index is 12.1. The normalized spacial score (nSPS) is 10.6. The molecule has 0 saturated heterocycles. The number of anilines is 1. The average Bonchev–Trinajstić information content (AvgIpc) is 3.32. The van der Waals surface area contributed by atoms with Gasteiger partial charge in [-0.3, -0.25) is 9.59 Å². The summed E-state index contributed by atoms with van der Waals surface area (Å²) in [5.74, 6) is -0.271. The molecule has 3 aromatic rings. The quantitative estimate of drug-likeness (QED) is 0.488. The van der Waals surface area contributed by atoms with Crippen LogP contribution in [0.5, 0.6) is 0 Å². The van der Waals surface area contributed by atoms with Gasteiger partial charge >= 0.3 is 0 Å². The largest absolute Gasteiger partial charge is 0.351 e. The van der Waals surface area contributed by atoms with Gasteiger partial charge in [-0.2, -0.15) is 0 Å². The number of carbonyl (C=O) groups excluding carboxylic acids is 2. The summed E-state index contributed by atoms with van der Waals surface area (Å²) in [5.41, 5.74) is 1.38. The first-order valence-corrected chi connectivity index (χ1v) is 10.6. The van der Waals surface area contributed by atoms with Crippen molar-refractivity contribution >= 4 is 62.8 Å². The summed E-state index contributed by atoms with van der Waals surface area (Å²) in [4.78, 5) is 28.9. The Morgan fingerprint density at radius 3 is 2.78 bits per heavy atom. The number of nitrogens with zero attached hydrogens (tertiary/aromatic N) is 1. The molecule has 2 heterocycles. The van der Waals surface area contributed by atoms with Crippen LogP contribution in [0.2, 0.25) is 10.0 Å². The zero-order chi connectivity index (χ0) is 19.2. The number of thiazole rings is 1. The standard InChI is InChI=1S/C18H15Cl2N3O2S2/c19-11-5-6-13(20)12(9-11)14-10-27-18(22-14)23-16(24)4-1-7-21-17(25)15-3-2-8-26-15/h2-3,5-6,8-10H,1,4,7H2,(H,21,25)(H,22,23,24). The Bertz CT molecular complexity index is 942. The summed E-state index contributed by atoms with van der Waals surface area (Å²) in [7, 11) is 0. The monoisotopic (exact) mass is 439 g/mol. The molecule has 0 aliphatic heterocycles. The molecule has 0 spiro atoms. The number of thiophene rings is 1. The van der Waals surface area contributed by atoms with E-state index in [9.17, 15) is 9.59 Å². The van der Waals surface area contributed by atoms with Gasteiger partial charge in [0, 0.05) is 28.9 Å². The van der Waals surface area contributed by atoms with Gasteiger partial charge in [0.25, 0.3) is 5.91 Å². The number of hydrogen-bond donors (Lipinski definition) is 2. The van der Waals surface area contributed by atoms with Gasteiger partial charge in [0.2, 0.25) is 5.91 Å². The molecule has 0 aliphatic carbocycles. The van der Waals surface area contributed by atoms with E-state index in [1.165, 1.54) is 22.7 Å². The van der Waals surface area contributed by atoms with Crippen LogP contribution in [0, 0.1) is 0 Å². The molecule has 1 aromatic carbocycles. The van der Waals surface area contributed by atoms with Crippen molar-refractivity contribution < 1.29 is 9.59 Å². The second kappa shape index (κ2) is 9.32. The van der Waals surface area contributed by atoms with Crippen molar-refractivity contribution in [3.63, 3.8) is 0 Å². The molecule has 0 saturated carbocycles. The topological polar surface area (TPSA) is 71.1 Å². The number of nitrogens with one attached hydrogen (secondary N) is 2. The number of benzene rings is 1. The average molecular weight is 440 g/mol. The molecule has 0 aliphatic rings. The van der Waals surface area contributed by atoms with Gasteiger partial charge in [-0.15, -0.1) is 22.7 Å². The molecule has 2 amide bonds. The van der Waals surface area contributed by atoms with Crippen molar-refractivity contribution in [1.82, 2.24) is 10.3 Å². The molecule has 2 N–H and O–H groups in total. The molecule has 3 rings (SSSR count). The number of halogens is 2. The second-order valence-corrected chi connectivity index (χ2v) is 8.20. The first-order chi connectivity index (χ1) is 13.0. The van der Waals surface area contributed by atoms with Gasteiger partial charge in [0.05, 0.1) is 15.6 Å². The Hall–Kier alpha value is -1.93. The third-order valence-electron chi connectivity index (χ3n) is 3.57. The summed E-state index contributed by atoms with van der Waals surface area (Å²) in [6, 6.07) is 8.74. The van der Waals surface area contributed by atoms with E-state index in [0.717, 1.165) is 5.56 Å². The molecule has 5 nitrogen and oxygen atoms in total. The van der Waals surface area contributed by atoms with Crippen LogP contribution in [-0.2, 0) is 4.79 Å². The van der Waals surface area contributed by atoms with Crippen molar-refractivity contribution in [2.45, 2.75) is 12.8 Å². The van der Waals surface area contributed by atoms with E-state index in [0.29, 0.717) is 38.7 Å². The fourth-order valence-corrected chi connectivity index (χ4v) is 4.03. The van der Waals surface area contributed by atoms with Crippen molar-refractivity contribution in [3.05, 3.63) is 56.0 Å². The van der Waals surface area contributed by atoms with E-state index in [1.807, 2.05) is 16.8 Å². The number of carbonyl (C=O) groups is 2. The number of aromatic nitrogens is 1. The minimum Gasteiger partial charge on any atom is -0.351 e. The van der Waals surface area contributed by atoms with Crippen LogP contribution in [0.25, 0.3) is 11.3 Å². The molecule has 0 fully saturated rings. The van der Waals surface area contributed by atoms with Crippen LogP contribution in [-0.4, -0.2) is 23.3 Å². The Kier molecular flexibility index (Phi) is 6.84. The molecular formula is C18H15Cl2N3O2S2. The number of rotatable bonds is 7. The highest BCUT2D eigenvalue weighted by Crippen LogP contribution is 2.32. The molecular weight excluding hydrogens is 425 g/mol. The van der Waals surface area contributed by atoms with Gasteiger partial charge in [-0.05, 0) is 36.1 Å². The van der Waals surface area contributed by atoms with Gasteiger partial charge in [0.1, 0.15) is 0 Å². The predicted molar refractivity (Wildman–Crippen MR) is 112 cm³/mol. The first kappa shape index (κ1) is 19.8. The zero-order valence-corrected chi connectivity index (χ0v) is 17.1. The maximum absolute atomic E-state index is 12.1. The SMILES string of the molecule is O=C(CCCNC(=O)c1cccs1)Nc1nc(-c2cc(Cl)ccc2Cl)cs1. The lowest BCUT2D eigenvalue weighted by Gasteiger charge is -2.04. The molecule has 0 unspecified atom stereocenters. The molecule has 0 atom stereocenters. The number of hydrogen-bond acceptors (Lipinski definition) is 5. The zero-order valence-electron chi connectivity index (χ0n) is 14.0. The molecule has 9 heteroatoms. The summed E-state index contributed by atoms with van der Waals surface area (Å²) in [5, 5.41) is 10.8. The van der Waals surface area contributed by atoms with Crippen molar-refractivity contribution in [1.29, 1.82) is 0 Å². The Labute approximate surface area is 174 Å². The van der Waals surface area contributed by atoms with Crippen LogP contribution in [0.4, 0.5) is 5.13 Å². The van der Waals surface area contributed by atoms with Crippen molar-refractivity contribution in [3.8, 4) is 11.3 Å². The lowest BCUT2D eigenvalue weighted by atomic mass is 10.2. The molecule has 0 radical (unpaired) electrons. The fourth-order valence-electron chi connectivity index (χ4n) is 2.28. The van der Waals surface area contributed by atoms with E-state index < -0.39 is 0 Å². The van der Waals surface area contributed by atoms with Gasteiger partial charge < -0.3 is 10.6 Å². The van der Waals surface area contributed by atoms with Crippen molar-refractivity contribution in [2.75, 3.05) is 11.9 Å². The van der Waals surface area contributed by atoms with Gasteiger partial charge in [0.15, 0.2) is 5.13 Å². The first-order valence-electron chi connectivity index (χ1n) is 8.05. The van der Waals surface area contributed by atoms with E-state index in [2.05, 4.69) is 15.6 Å². The minimum atomic E-state index is -0.154. The third kappa shape index (κ3) is 5.52. The summed E-state index contributed by atoms with van der Waals surface area (Å²) in [6.45, 7) is 0.436. The Balaban J connectivity index is 1.47. The van der Waals surface area contributed by atoms with Gasteiger partial charge in [-0.25, -0.2) is 4.98 Å². The van der Waals surface area contributed by atoms with E-state index in [1.54, 1.807) is 24.3 Å². The highest BCUT2D eigenvalue weighted by Gasteiger charge is 2.11. The molecule has 140 valence electrons.